The van der Waals surface area contributed by atoms with Crippen LogP contribution < -0.4 is 0 Å². The zero-order valence-electron chi connectivity index (χ0n) is 14.8. The molecular formula is C20H18ClN5S. The molecule has 5 nitrogen and oxygen atoms in total. The number of benzene rings is 2. The van der Waals surface area contributed by atoms with Crippen molar-refractivity contribution >= 4 is 23.4 Å². The van der Waals surface area contributed by atoms with Gasteiger partial charge in [-0.05, 0) is 17.7 Å². The molecule has 4 rings (SSSR count). The van der Waals surface area contributed by atoms with Gasteiger partial charge in [0.25, 0.3) is 0 Å². The largest absolute Gasteiger partial charge is 0.337 e. The van der Waals surface area contributed by atoms with Gasteiger partial charge in [-0.1, -0.05) is 65.8 Å². The smallest absolute Gasteiger partial charge is 0.192 e. The number of hydrogen-bond acceptors (Lipinski definition) is 4. The lowest BCUT2D eigenvalue weighted by Crippen LogP contribution is -2.05. The summed E-state index contributed by atoms with van der Waals surface area (Å²) in [6, 6.07) is 18.0. The van der Waals surface area contributed by atoms with Gasteiger partial charge in [-0.2, -0.15) is 0 Å². The minimum atomic E-state index is 0.667. The van der Waals surface area contributed by atoms with Crippen molar-refractivity contribution in [3.05, 3.63) is 83.4 Å². The van der Waals surface area contributed by atoms with Crippen LogP contribution in [-0.4, -0.2) is 24.3 Å². The summed E-state index contributed by atoms with van der Waals surface area (Å²) in [5, 5.41) is 10.4. The molecule has 0 aliphatic rings. The number of rotatable bonds is 6. The Balaban J connectivity index is 1.70. The van der Waals surface area contributed by atoms with E-state index in [1.807, 2.05) is 60.3 Å². The molecule has 0 aliphatic carbocycles. The summed E-state index contributed by atoms with van der Waals surface area (Å²) in [5.74, 6) is 2.49. The first-order valence-electron chi connectivity index (χ1n) is 8.53. The van der Waals surface area contributed by atoms with Gasteiger partial charge in [0.05, 0.1) is 17.3 Å². The molecule has 0 aliphatic heterocycles. The van der Waals surface area contributed by atoms with E-state index in [1.54, 1.807) is 18.0 Å². The molecule has 136 valence electrons. The van der Waals surface area contributed by atoms with E-state index in [1.165, 1.54) is 5.56 Å². The summed E-state index contributed by atoms with van der Waals surface area (Å²) in [6.07, 6.45) is 3.75. The molecule has 0 spiro atoms. The topological polar surface area (TPSA) is 48.5 Å². The van der Waals surface area contributed by atoms with E-state index in [0.29, 0.717) is 11.6 Å². The number of halogens is 1. The van der Waals surface area contributed by atoms with Crippen LogP contribution in [0.25, 0.3) is 11.4 Å². The Labute approximate surface area is 167 Å². The maximum absolute atomic E-state index is 6.42. The fraction of sp³-hybridized carbons (Fsp3) is 0.150. The van der Waals surface area contributed by atoms with Gasteiger partial charge in [-0.15, -0.1) is 10.2 Å². The molecule has 2 aromatic heterocycles. The summed E-state index contributed by atoms with van der Waals surface area (Å²) in [7, 11) is 1.99. The number of thioether (sulfide) groups is 1. The Morgan fingerprint density at radius 2 is 1.78 bits per heavy atom. The van der Waals surface area contributed by atoms with Gasteiger partial charge in [0.1, 0.15) is 5.82 Å². The Kier molecular flexibility index (Phi) is 5.27. The quantitative estimate of drug-likeness (QED) is 0.445. The number of imidazole rings is 1. The summed E-state index contributed by atoms with van der Waals surface area (Å²) in [4.78, 5) is 4.39. The SMILES string of the molecule is Cn1ccnc1CSc1nnc(-c2ccccc2Cl)n1Cc1ccccc1. The van der Waals surface area contributed by atoms with Crippen LogP contribution >= 0.6 is 23.4 Å². The van der Waals surface area contributed by atoms with Crippen LogP contribution in [-0.2, 0) is 19.3 Å². The van der Waals surface area contributed by atoms with E-state index in [4.69, 9.17) is 11.6 Å². The zero-order chi connectivity index (χ0) is 18.6. The third-order valence-corrected chi connectivity index (χ3v) is 5.56. The number of nitrogens with zero attached hydrogens (tertiary/aromatic N) is 5. The first-order chi connectivity index (χ1) is 13.2. The molecule has 0 atom stereocenters. The standard InChI is InChI=1S/C20H18ClN5S/c1-25-12-11-22-18(25)14-27-20-24-23-19(16-9-5-6-10-17(16)21)26(20)13-15-7-3-2-4-8-15/h2-12H,13-14H2,1H3. The normalized spacial score (nSPS) is 11.0. The zero-order valence-corrected chi connectivity index (χ0v) is 16.4. The lowest BCUT2D eigenvalue weighted by molar-refractivity contribution is 0.713. The fourth-order valence-corrected chi connectivity index (χ4v) is 3.97. The second-order valence-corrected chi connectivity index (χ2v) is 7.45. The van der Waals surface area contributed by atoms with Crippen LogP contribution in [0.4, 0.5) is 0 Å². The van der Waals surface area contributed by atoms with E-state index in [0.717, 1.165) is 28.1 Å². The van der Waals surface area contributed by atoms with Gasteiger partial charge in [0, 0.05) is 25.0 Å². The van der Waals surface area contributed by atoms with Crippen molar-refractivity contribution in [2.24, 2.45) is 7.05 Å². The first kappa shape index (κ1) is 17.8. The van der Waals surface area contributed by atoms with Crippen molar-refractivity contribution in [2.75, 3.05) is 0 Å². The second kappa shape index (κ2) is 7.98. The first-order valence-corrected chi connectivity index (χ1v) is 9.90. The second-order valence-electron chi connectivity index (χ2n) is 6.10. The molecule has 0 N–H and O–H groups in total. The predicted molar refractivity (Wildman–Crippen MR) is 109 cm³/mol. The average molecular weight is 396 g/mol. The molecule has 0 bridgehead atoms. The van der Waals surface area contributed by atoms with Crippen LogP contribution in [0.1, 0.15) is 11.4 Å². The monoisotopic (exact) mass is 395 g/mol. The maximum Gasteiger partial charge on any atom is 0.192 e. The highest BCUT2D eigenvalue weighted by Gasteiger charge is 2.17. The molecule has 0 amide bonds. The van der Waals surface area contributed by atoms with Crippen molar-refractivity contribution in [2.45, 2.75) is 17.5 Å². The summed E-state index contributed by atoms with van der Waals surface area (Å²) in [5.41, 5.74) is 2.07. The third-order valence-electron chi connectivity index (χ3n) is 4.27. The van der Waals surface area contributed by atoms with E-state index in [-0.39, 0.29) is 0 Å². The van der Waals surface area contributed by atoms with Crippen molar-refractivity contribution in [1.82, 2.24) is 24.3 Å². The number of aryl methyl sites for hydroxylation is 1. The summed E-state index contributed by atoms with van der Waals surface area (Å²) >= 11 is 8.04. The van der Waals surface area contributed by atoms with E-state index >= 15 is 0 Å². The summed E-state index contributed by atoms with van der Waals surface area (Å²) < 4.78 is 4.13. The van der Waals surface area contributed by atoms with E-state index in [9.17, 15) is 0 Å². The highest BCUT2D eigenvalue weighted by Crippen LogP contribution is 2.30. The molecule has 0 saturated carbocycles. The van der Waals surface area contributed by atoms with Gasteiger partial charge >= 0.3 is 0 Å². The van der Waals surface area contributed by atoms with Gasteiger partial charge in [-0.25, -0.2) is 4.98 Å². The van der Waals surface area contributed by atoms with Gasteiger partial charge in [-0.3, -0.25) is 4.57 Å². The minimum absolute atomic E-state index is 0.667. The number of hydrogen-bond donors (Lipinski definition) is 0. The molecule has 0 saturated heterocycles. The van der Waals surface area contributed by atoms with Crippen LogP contribution in [0.5, 0.6) is 0 Å². The maximum atomic E-state index is 6.42. The van der Waals surface area contributed by atoms with E-state index < -0.39 is 0 Å². The van der Waals surface area contributed by atoms with Crippen LogP contribution in [0.2, 0.25) is 5.02 Å². The molecule has 0 fully saturated rings. The predicted octanol–water partition coefficient (Wildman–Crippen LogP) is 4.67. The fourth-order valence-electron chi connectivity index (χ4n) is 2.81. The Bertz CT molecular complexity index is 1040. The van der Waals surface area contributed by atoms with Gasteiger partial charge in [0.15, 0.2) is 11.0 Å². The highest BCUT2D eigenvalue weighted by molar-refractivity contribution is 7.98. The highest BCUT2D eigenvalue weighted by atomic mass is 35.5. The van der Waals surface area contributed by atoms with Crippen molar-refractivity contribution in [3.8, 4) is 11.4 Å². The summed E-state index contributed by atoms with van der Waals surface area (Å²) in [6.45, 7) is 0.678. The van der Waals surface area contributed by atoms with Crippen LogP contribution in [0.15, 0.2) is 72.1 Å². The Morgan fingerprint density at radius 3 is 2.52 bits per heavy atom. The van der Waals surface area contributed by atoms with Crippen molar-refractivity contribution in [3.63, 3.8) is 0 Å². The van der Waals surface area contributed by atoms with Gasteiger partial charge in [0.2, 0.25) is 0 Å². The molecule has 0 radical (unpaired) electrons. The van der Waals surface area contributed by atoms with Crippen molar-refractivity contribution < 1.29 is 0 Å². The molecule has 2 heterocycles. The minimum Gasteiger partial charge on any atom is -0.337 e. The molecule has 2 aromatic carbocycles. The average Bonchev–Trinajstić information content (AvgIpc) is 3.27. The number of aromatic nitrogens is 5. The molecule has 4 aromatic rings. The molecule has 7 heteroatoms. The van der Waals surface area contributed by atoms with Crippen LogP contribution in [0, 0.1) is 0 Å². The van der Waals surface area contributed by atoms with Crippen molar-refractivity contribution in [1.29, 1.82) is 0 Å². The van der Waals surface area contributed by atoms with Crippen LogP contribution in [0.3, 0.4) is 0 Å². The lowest BCUT2D eigenvalue weighted by atomic mass is 10.2. The van der Waals surface area contributed by atoms with E-state index in [2.05, 4.69) is 31.9 Å². The van der Waals surface area contributed by atoms with Gasteiger partial charge < -0.3 is 4.57 Å². The Hall–Kier alpha value is -2.57. The Morgan fingerprint density at radius 1 is 1.00 bits per heavy atom. The third kappa shape index (κ3) is 3.91. The molecular weight excluding hydrogens is 378 g/mol. The molecule has 27 heavy (non-hydrogen) atoms. The molecule has 0 unspecified atom stereocenters. The lowest BCUT2D eigenvalue weighted by Gasteiger charge is -2.11.